The summed E-state index contributed by atoms with van der Waals surface area (Å²) >= 11 is 7.57. The van der Waals surface area contributed by atoms with E-state index in [0.29, 0.717) is 22.0 Å². The third kappa shape index (κ3) is 4.64. The van der Waals surface area contributed by atoms with Crippen LogP contribution in [0.1, 0.15) is 18.0 Å². The van der Waals surface area contributed by atoms with E-state index in [1.807, 2.05) is 66.1 Å². The van der Waals surface area contributed by atoms with Crippen LogP contribution in [0.15, 0.2) is 66.1 Å². The Hall–Kier alpha value is -3.17. The molecule has 1 atom stereocenters. The molecule has 0 fully saturated rings. The Morgan fingerprint density at radius 1 is 1.07 bits per heavy atom. The predicted molar refractivity (Wildman–Crippen MR) is 115 cm³/mol. The summed E-state index contributed by atoms with van der Waals surface area (Å²) in [4.78, 5) is 13.0. The van der Waals surface area contributed by atoms with Gasteiger partial charge < -0.3 is 11.1 Å². The molecule has 0 saturated heterocycles. The number of para-hydroxylation sites is 1. The number of hydrogen-bond donors (Lipinski definition) is 2. The van der Waals surface area contributed by atoms with Crippen LogP contribution in [0, 0.1) is 0 Å². The fraction of sp³-hybridized carbons (Fsp3) is 0.105. The standard InChI is InChI=1S/C19H17ClN8S/c1-12(29-19-27-22-11-28(19)15-9-5-6-13(20)10-15)16-24-17(21)26-18(25-16)23-14-7-3-2-4-8-14/h2-12H,1H3,(H3,21,23,24,25,26)/t12-/m0/s1. The monoisotopic (exact) mass is 424 g/mol. The van der Waals surface area contributed by atoms with Crippen molar-refractivity contribution < 1.29 is 0 Å². The van der Waals surface area contributed by atoms with Crippen LogP contribution < -0.4 is 11.1 Å². The summed E-state index contributed by atoms with van der Waals surface area (Å²) in [7, 11) is 0. The minimum absolute atomic E-state index is 0.140. The molecule has 3 N–H and O–H groups in total. The van der Waals surface area contributed by atoms with Gasteiger partial charge in [-0.2, -0.15) is 15.0 Å². The van der Waals surface area contributed by atoms with Crippen LogP contribution in [0.3, 0.4) is 0 Å². The summed E-state index contributed by atoms with van der Waals surface area (Å²) in [6, 6.07) is 17.1. The third-order valence-electron chi connectivity index (χ3n) is 3.95. The molecular formula is C19H17ClN8S. The van der Waals surface area contributed by atoms with Gasteiger partial charge in [0.05, 0.1) is 10.9 Å². The summed E-state index contributed by atoms with van der Waals surface area (Å²) in [5.74, 6) is 1.08. The summed E-state index contributed by atoms with van der Waals surface area (Å²) in [6.45, 7) is 1.97. The second-order valence-corrected chi connectivity index (χ2v) is 7.83. The molecule has 2 aromatic carbocycles. The highest BCUT2D eigenvalue weighted by atomic mass is 35.5. The van der Waals surface area contributed by atoms with Gasteiger partial charge in [0.15, 0.2) is 5.16 Å². The zero-order chi connectivity index (χ0) is 20.2. The van der Waals surface area contributed by atoms with Crippen molar-refractivity contribution in [2.24, 2.45) is 0 Å². The van der Waals surface area contributed by atoms with Crippen molar-refractivity contribution in [2.75, 3.05) is 11.1 Å². The highest BCUT2D eigenvalue weighted by Gasteiger charge is 2.18. The molecule has 146 valence electrons. The molecule has 0 bridgehead atoms. The Balaban J connectivity index is 1.57. The zero-order valence-electron chi connectivity index (χ0n) is 15.4. The summed E-state index contributed by atoms with van der Waals surface area (Å²) in [5, 5.41) is 12.6. The number of halogens is 1. The van der Waals surface area contributed by atoms with Crippen molar-refractivity contribution >= 4 is 40.9 Å². The van der Waals surface area contributed by atoms with Gasteiger partial charge in [0.2, 0.25) is 11.9 Å². The first-order valence-corrected chi connectivity index (χ1v) is 10.0. The fourth-order valence-electron chi connectivity index (χ4n) is 2.62. The van der Waals surface area contributed by atoms with Crippen LogP contribution in [-0.2, 0) is 0 Å². The van der Waals surface area contributed by atoms with Crippen molar-refractivity contribution in [1.29, 1.82) is 0 Å². The van der Waals surface area contributed by atoms with E-state index < -0.39 is 0 Å². The number of anilines is 3. The number of benzene rings is 2. The number of nitrogens with zero attached hydrogens (tertiary/aromatic N) is 6. The van der Waals surface area contributed by atoms with Crippen molar-refractivity contribution in [1.82, 2.24) is 29.7 Å². The Bertz CT molecular complexity index is 1120. The average molecular weight is 425 g/mol. The molecule has 0 unspecified atom stereocenters. The minimum atomic E-state index is -0.140. The Morgan fingerprint density at radius 2 is 1.90 bits per heavy atom. The van der Waals surface area contributed by atoms with E-state index in [1.54, 1.807) is 6.33 Å². The van der Waals surface area contributed by atoms with Crippen LogP contribution >= 0.6 is 23.4 Å². The van der Waals surface area contributed by atoms with E-state index in [4.69, 9.17) is 17.3 Å². The lowest BCUT2D eigenvalue weighted by atomic mass is 10.3. The highest BCUT2D eigenvalue weighted by Crippen LogP contribution is 2.33. The Morgan fingerprint density at radius 3 is 2.69 bits per heavy atom. The van der Waals surface area contributed by atoms with Crippen molar-refractivity contribution in [3.8, 4) is 5.69 Å². The zero-order valence-corrected chi connectivity index (χ0v) is 17.0. The van der Waals surface area contributed by atoms with Gasteiger partial charge in [-0.1, -0.05) is 47.6 Å². The Labute approximate surface area is 176 Å². The van der Waals surface area contributed by atoms with Gasteiger partial charge in [0, 0.05) is 10.7 Å². The average Bonchev–Trinajstić information content (AvgIpc) is 3.16. The summed E-state index contributed by atoms with van der Waals surface area (Å²) < 4.78 is 1.86. The van der Waals surface area contributed by atoms with Gasteiger partial charge in [-0.05, 0) is 37.3 Å². The second kappa shape index (κ2) is 8.46. The molecular weight excluding hydrogens is 408 g/mol. The maximum atomic E-state index is 6.11. The van der Waals surface area contributed by atoms with Crippen LogP contribution in [0.25, 0.3) is 5.69 Å². The van der Waals surface area contributed by atoms with Gasteiger partial charge in [-0.3, -0.25) is 4.57 Å². The molecule has 0 radical (unpaired) electrons. The smallest absolute Gasteiger partial charge is 0.232 e. The Kier molecular flexibility index (Phi) is 5.59. The first-order chi connectivity index (χ1) is 14.1. The van der Waals surface area contributed by atoms with Gasteiger partial charge in [0.25, 0.3) is 0 Å². The van der Waals surface area contributed by atoms with Crippen LogP contribution in [0.5, 0.6) is 0 Å². The van der Waals surface area contributed by atoms with Crippen LogP contribution in [0.4, 0.5) is 17.6 Å². The topological polar surface area (TPSA) is 107 Å². The molecule has 0 amide bonds. The number of thioether (sulfide) groups is 1. The van der Waals surface area contributed by atoms with Crippen molar-refractivity contribution in [3.63, 3.8) is 0 Å². The second-order valence-electron chi connectivity index (χ2n) is 6.09. The number of nitrogen functional groups attached to an aromatic ring is 1. The number of nitrogens with two attached hydrogens (primary N) is 1. The van der Waals surface area contributed by atoms with Crippen molar-refractivity contribution in [3.05, 3.63) is 71.8 Å². The van der Waals surface area contributed by atoms with E-state index in [-0.39, 0.29) is 11.2 Å². The van der Waals surface area contributed by atoms with Gasteiger partial charge in [-0.15, -0.1) is 10.2 Å². The van der Waals surface area contributed by atoms with Gasteiger partial charge in [-0.25, -0.2) is 0 Å². The molecule has 0 spiro atoms. The molecule has 0 aliphatic rings. The molecule has 4 rings (SSSR count). The lowest BCUT2D eigenvalue weighted by Crippen LogP contribution is -2.08. The third-order valence-corrected chi connectivity index (χ3v) is 5.24. The van der Waals surface area contributed by atoms with Crippen LogP contribution in [0.2, 0.25) is 5.02 Å². The van der Waals surface area contributed by atoms with E-state index in [0.717, 1.165) is 11.4 Å². The molecule has 29 heavy (non-hydrogen) atoms. The molecule has 8 nitrogen and oxygen atoms in total. The SMILES string of the molecule is C[C@H](Sc1nncn1-c1cccc(Cl)c1)c1nc(N)nc(Nc2ccccc2)n1. The first-order valence-electron chi connectivity index (χ1n) is 8.74. The summed E-state index contributed by atoms with van der Waals surface area (Å²) in [6.07, 6.45) is 1.64. The molecule has 2 aromatic heterocycles. The molecule has 2 heterocycles. The number of nitrogens with one attached hydrogen (secondary N) is 1. The highest BCUT2D eigenvalue weighted by molar-refractivity contribution is 7.99. The molecule has 10 heteroatoms. The summed E-state index contributed by atoms with van der Waals surface area (Å²) in [5.41, 5.74) is 7.64. The molecule has 0 saturated carbocycles. The quantitative estimate of drug-likeness (QED) is 0.441. The molecule has 0 aliphatic carbocycles. The van der Waals surface area contributed by atoms with E-state index in [1.165, 1.54) is 11.8 Å². The lowest BCUT2D eigenvalue weighted by molar-refractivity contribution is 0.854. The van der Waals surface area contributed by atoms with Crippen molar-refractivity contribution in [2.45, 2.75) is 17.3 Å². The molecule has 4 aromatic rings. The van der Waals surface area contributed by atoms with E-state index in [9.17, 15) is 0 Å². The molecule has 0 aliphatic heterocycles. The normalized spacial score (nSPS) is 11.9. The fourth-order valence-corrected chi connectivity index (χ4v) is 3.69. The number of rotatable bonds is 6. The van der Waals surface area contributed by atoms with E-state index in [2.05, 4.69) is 30.5 Å². The largest absolute Gasteiger partial charge is 0.368 e. The maximum Gasteiger partial charge on any atom is 0.232 e. The van der Waals surface area contributed by atoms with Crippen LogP contribution in [-0.4, -0.2) is 29.7 Å². The number of aromatic nitrogens is 6. The van der Waals surface area contributed by atoms with E-state index >= 15 is 0 Å². The lowest BCUT2D eigenvalue weighted by Gasteiger charge is -2.13. The van der Waals surface area contributed by atoms with Gasteiger partial charge >= 0.3 is 0 Å². The number of hydrogen-bond acceptors (Lipinski definition) is 8. The first kappa shape index (κ1) is 19.2. The van der Waals surface area contributed by atoms with Gasteiger partial charge in [0.1, 0.15) is 12.2 Å². The minimum Gasteiger partial charge on any atom is -0.368 e. The predicted octanol–water partition coefficient (Wildman–Crippen LogP) is 4.28. The maximum absolute atomic E-state index is 6.11.